The summed E-state index contributed by atoms with van der Waals surface area (Å²) < 4.78 is 6.20. The predicted octanol–water partition coefficient (Wildman–Crippen LogP) is -0.798. The van der Waals surface area contributed by atoms with Crippen LogP contribution in [0.25, 0.3) is 0 Å². The van der Waals surface area contributed by atoms with E-state index in [4.69, 9.17) is 5.11 Å². The van der Waals surface area contributed by atoms with Gasteiger partial charge in [0, 0.05) is 0 Å². The third-order valence-corrected chi connectivity index (χ3v) is 1.56. The largest absolute Gasteiger partial charge is 0.388 e. The van der Waals surface area contributed by atoms with Crippen LogP contribution in [0.1, 0.15) is 11.6 Å². The van der Waals surface area contributed by atoms with Crippen molar-refractivity contribution < 1.29 is 9.63 Å². The second-order valence-corrected chi connectivity index (χ2v) is 2.38. The van der Waals surface area contributed by atoms with Gasteiger partial charge in [-0.1, -0.05) is 5.16 Å². The minimum absolute atomic E-state index is 0.155. The van der Waals surface area contributed by atoms with E-state index in [-0.39, 0.29) is 6.61 Å². The Hall–Kier alpha value is -1.76. The molecule has 0 saturated heterocycles. The first-order valence-corrected chi connectivity index (χ1v) is 3.63. The van der Waals surface area contributed by atoms with Crippen LogP contribution in [0, 0.1) is 0 Å². The van der Waals surface area contributed by atoms with E-state index in [0.29, 0.717) is 18.2 Å². The van der Waals surface area contributed by atoms with Gasteiger partial charge < -0.3 is 14.2 Å². The topological polar surface area (TPSA) is 89.9 Å². The number of aliphatic hydroxyl groups excluding tert-OH is 1. The van der Waals surface area contributed by atoms with E-state index in [1.54, 1.807) is 4.57 Å². The van der Waals surface area contributed by atoms with Gasteiger partial charge in [-0.15, -0.1) is 10.2 Å². The van der Waals surface area contributed by atoms with Gasteiger partial charge in [-0.2, -0.15) is 4.98 Å². The zero-order valence-corrected chi connectivity index (χ0v) is 6.66. The third kappa shape index (κ3) is 1.54. The zero-order valence-electron chi connectivity index (χ0n) is 6.66. The van der Waals surface area contributed by atoms with Crippen LogP contribution < -0.4 is 0 Å². The molecule has 0 unspecified atom stereocenters. The molecule has 2 rings (SSSR count). The predicted molar refractivity (Wildman–Crippen MR) is 39.3 cm³/mol. The molecule has 0 radical (unpaired) electrons. The van der Waals surface area contributed by atoms with E-state index in [2.05, 4.69) is 24.9 Å². The molecule has 0 aliphatic heterocycles. The van der Waals surface area contributed by atoms with Gasteiger partial charge in [-0.25, -0.2) is 0 Å². The maximum Gasteiger partial charge on any atom is 0.213 e. The highest BCUT2D eigenvalue weighted by molar-refractivity contribution is 4.88. The number of aliphatic hydroxyl groups is 1. The second kappa shape index (κ2) is 3.31. The maximum absolute atomic E-state index is 8.85. The number of hydrogen-bond donors (Lipinski definition) is 1. The highest BCUT2D eigenvalue weighted by Crippen LogP contribution is 1.98. The highest BCUT2D eigenvalue weighted by atomic mass is 16.5. The fraction of sp³-hybridized carbons (Fsp3) is 0.333. The molecule has 2 aromatic rings. The Labute approximate surface area is 73.0 Å². The lowest BCUT2D eigenvalue weighted by Crippen LogP contribution is -2.05. The summed E-state index contributed by atoms with van der Waals surface area (Å²) in [5.41, 5.74) is 0. The first kappa shape index (κ1) is 7.87. The van der Waals surface area contributed by atoms with Crippen LogP contribution in [0.3, 0.4) is 0 Å². The molecule has 1 N–H and O–H groups in total. The Morgan fingerprint density at radius 3 is 3.15 bits per heavy atom. The smallest absolute Gasteiger partial charge is 0.213 e. The molecule has 0 fully saturated rings. The molecule has 0 aliphatic carbocycles. The molecule has 7 heteroatoms. The van der Waals surface area contributed by atoms with Crippen molar-refractivity contribution in [2.45, 2.75) is 13.2 Å². The lowest BCUT2D eigenvalue weighted by Gasteiger charge is -1.98. The average molecular weight is 181 g/mol. The Bertz CT molecular complexity index is 368. The highest BCUT2D eigenvalue weighted by Gasteiger charge is 2.05. The van der Waals surface area contributed by atoms with E-state index in [0.717, 1.165) is 0 Å². The normalized spacial score (nSPS) is 10.5. The molecule has 2 heterocycles. The summed E-state index contributed by atoms with van der Waals surface area (Å²) in [5, 5.41) is 19.8. The molecule has 0 bridgehead atoms. The molecule has 0 amide bonds. The van der Waals surface area contributed by atoms with Crippen molar-refractivity contribution in [2.75, 3.05) is 0 Å². The molecule has 0 aliphatic rings. The van der Waals surface area contributed by atoms with Gasteiger partial charge in [0.1, 0.15) is 12.9 Å². The Balaban J connectivity index is 2.18. The summed E-state index contributed by atoms with van der Waals surface area (Å²) >= 11 is 0. The number of aromatic nitrogens is 5. The molecule has 13 heavy (non-hydrogen) atoms. The van der Waals surface area contributed by atoms with Crippen molar-refractivity contribution in [3.63, 3.8) is 0 Å². The van der Waals surface area contributed by atoms with Gasteiger partial charge in [-0.3, -0.25) is 0 Å². The maximum atomic E-state index is 8.85. The average Bonchev–Trinajstić information content (AvgIpc) is 2.76. The minimum atomic E-state index is -0.155. The molecule has 2 aromatic heterocycles. The van der Waals surface area contributed by atoms with Gasteiger partial charge in [0.05, 0.1) is 6.54 Å². The van der Waals surface area contributed by atoms with Crippen molar-refractivity contribution in [1.29, 1.82) is 0 Å². The molecule has 7 nitrogen and oxygen atoms in total. The van der Waals surface area contributed by atoms with Crippen molar-refractivity contribution in [3.8, 4) is 0 Å². The van der Waals surface area contributed by atoms with Gasteiger partial charge in [0.15, 0.2) is 11.6 Å². The molecular weight excluding hydrogens is 174 g/mol. The van der Waals surface area contributed by atoms with Crippen LogP contribution in [0.4, 0.5) is 0 Å². The number of nitrogens with zero attached hydrogens (tertiary/aromatic N) is 5. The SMILES string of the molecule is OCc1nncn1Cc1ncon1. The molecule has 0 atom stereocenters. The van der Waals surface area contributed by atoms with E-state index in [1.165, 1.54) is 12.7 Å². The van der Waals surface area contributed by atoms with Crippen LogP contribution >= 0.6 is 0 Å². The summed E-state index contributed by atoms with van der Waals surface area (Å²) in [4.78, 5) is 3.83. The first-order valence-electron chi connectivity index (χ1n) is 3.63. The lowest BCUT2D eigenvalue weighted by molar-refractivity contribution is 0.265. The quantitative estimate of drug-likeness (QED) is 0.666. The van der Waals surface area contributed by atoms with E-state index in [9.17, 15) is 0 Å². The second-order valence-electron chi connectivity index (χ2n) is 2.38. The molecule has 0 aromatic carbocycles. The third-order valence-electron chi connectivity index (χ3n) is 1.56. The summed E-state index contributed by atoms with van der Waals surface area (Å²) in [6.07, 6.45) is 2.75. The van der Waals surface area contributed by atoms with E-state index >= 15 is 0 Å². The van der Waals surface area contributed by atoms with Crippen molar-refractivity contribution in [1.82, 2.24) is 24.9 Å². The van der Waals surface area contributed by atoms with Crippen LogP contribution in [0.5, 0.6) is 0 Å². The summed E-state index contributed by atoms with van der Waals surface area (Å²) in [5.74, 6) is 0.999. The Morgan fingerprint density at radius 2 is 2.46 bits per heavy atom. The Morgan fingerprint density at radius 1 is 1.54 bits per heavy atom. The van der Waals surface area contributed by atoms with Crippen molar-refractivity contribution in [3.05, 3.63) is 24.4 Å². The molecule has 0 spiro atoms. The molecule has 68 valence electrons. The Kier molecular flexibility index (Phi) is 2.01. The summed E-state index contributed by atoms with van der Waals surface area (Å²) in [6, 6.07) is 0. The first-order chi connectivity index (χ1) is 6.40. The number of hydrogen-bond acceptors (Lipinski definition) is 6. The monoisotopic (exact) mass is 181 g/mol. The standard InChI is InChI=1S/C6H7N5O2/c12-2-6-9-8-3-11(6)1-5-7-4-13-10-5/h3-4,12H,1-2H2. The fourth-order valence-corrected chi connectivity index (χ4v) is 0.948. The summed E-state index contributed by atoms with van der Waals surface area (Å²) in [6.45, 7) is 0.247. The van der Waals surface area contributed by atoms with Gasteiger partial charge in [0.25, 0.3) is 0 Å². The van der Waals surface area contributed by atoms with Crippen LogP contribution in [-0.2, 0) is 13.2 Å². The molecular formula is C6H7N5O2. The van der Waals surface area contributed by atoms with Crippen molar-refractivity contribution in [2.24, 2.45) is 0 Å². The number of rotatable bonds is 3. The van der Waals surface area contributed by atoms with E-state index < -0.39 is 0 Å². The van der Waals surface area contributed by atoms with E-state index in [1.807, 2.05) is 0 Å². The zero-order chi connectivity index (χ0) is 9.10. The van der Waals surface area contributed by atoms with Crippen molar-refractivity contribution >= 4 is 0 Å². The molecule has 0 saturated carbocycles. The van der Waals surface area contributed by atoms with Crippen LogP contribution in [0.15, 0.2) is 17.2 Å². The fourth-order valence-electron chi connectivity index (χ4n) is 0.948. The van der Waals surface area contributed by atoms with Crippen LogP contribution in [0.2, 0.25) is 0 Å². The summed E-state index contributed by atoms with van der Waals surface area (Å²) in [7, 11) is 0. The van der Waals surface area contributed by atoms with Gasteiger partial charge in [0.2, 0.25) is 6.39 Å². The lowest BCUT2D eigenvalue weighted by atomic mass is 10.5. The van der Waals surface area contributed by atoms with Gasteiger partial charge >= 0.3 is 0 Å². The minimum Gasteiger partial charge on any atom is -0.388 e. The van der Waals surface area contributed by atoms with Crippen LogP contribution in [-0.4, -0.2) is 30.0 Å². The van der Waals surface area contributed by atoms with Gasteiger partial charge in [-0.05, 0) is 0 Å².